The molecule has 4 nitrogen and oxygen atoms in total. The van der Waals surface area contributed by atoms with Crippen LogP contribution >= 0.6 is 15.9 Å². The van der Waals surface area contributed by atoms with Crippen molar-refractivity contribution in [2.75, 3.05) is 6.61 Å². The molecule has 0 fully saturated rings. The third kappa shape index (κ3) is 3.07. The number of hydrogen-bond acceptors (Lipinski definition) is 4. The van der Waals surface area contributed by atoms with Gasteiger partial charge in [0.15, 0.2) is 0 Å². The van der Waals surface area contributed by atoms with Gasteiger partial charge in [-0.15, -0.1) is 0 Å². The minimum absolute atomic E-state index is 0.0163. The van der Waals surface area contributed by atoms with E-state index in [0.717, 1.165) is 10.2 Å². The Hall–Kier alpha value is -0.360. The zero-order valence-corrected chi connectivity index (χ0v) is 11.5. The molecule has 5 heteroatoms. The molecule has 1 heterocycles. The van der Waals surface area contributed by atoms with Crippen molar-refractivity contribution in [3.05, 3.63) is 22.6 Å². The van der Waals surface area contributed by atoms with Crippen molar-refractivity contribution in [1.82, 2.24) is 5.43 Å². The van der Waals surface area contributed by atoms with Crippen LogP contribution in [0.25, 0.3) is 0 Å². The van der Waals surface area contributed by atoms with Crippen LogP contribution in [0.2, 0.25) is 0 Å². The molecule has 2 atom stereocenters. The van der Waals surface area contributed by atoms with Crippen LogP contribution in [0.4, 0.5) is 0 Å². The van der Waals surface area contributed by atoms with E-state index in [4.69, 9.17) is 15.0 Å². The Kier molecular flexibility index (Phi) is 5.48. The summed E-state index contributed by atoms with van der Waals surface area (Å²) in [5, 5.41) is 0. The summed E-state index contributed by atoms with van der Waals surface area (Å²) in [6.45, 7) is 6.82. The van der Waals surface area contributed by atoms with Gasteiger partial charge >= 0.3 is 0 Å². The van der Waals surface area contributed by atoms with E-state index in [9.17, 15) is 0 Å². The first-order chi connectivity index (χ1) is 7.61. The summed E-state index contributed by atoms with van der Waals surface area (Å²) >= 11 is 3.43. The Balaban J connectivity index is 2.90. The summed E-state index contributed by atoms with van der Waals surface area (Å²) in [5.41, 5.74) is 2.76. The van der Waals surface area contributed by atoms with Crippen molar-refractivity contribution in [3.8, 4) is 0 Å². The number of ether oxygens (including phenoxy) is 1. The lowest BCUT2D eigenvalue weighted by Gasteiger charge is -2.28. The summed E-state index contributed by atoms with van der Waals surface area (Å²) in [4.78, 5) is 0. The monoisotopic (exact) mass is 290 g/mol. The van der Waals surface area contributed by atoms with E-state index in [1.54, 1.807) is 6.26 Å². The topological polar surface area (TPSA) is 60.4 Å². The van der Waals surface area contributed by atoms with Gasteiger partial charge in [-0.3, -0.25) is 5.84 Å². The highest BCUT2D eigenvalue weighted by Gasteiger charge is 2.29. The summed E-state index contributed by atoms with van der Waals surface area (Å²) in [7, 11) is 0. The van der Waals surface area contributed by atoms with Crippen LogP contribution in [0.5, 0.6) is 0 Å². The van der Waals surface area contributed by atoms with Gasteiger partial charge in [-0.25, -0.2) is 5.43 Å². The molecule has 1 aromatic heterocycles. The number of hydrazine groups is 1. The smallest absolute Gasteiger partial charge is 0.138 e. The lowest BCUT2D eigenvalue weighted by atomic mass is 9.98. The Bertz CT molecular complexity index is 315. The van der Waals surface area contributed by atoms with Crippen LogP contribution < -0.4 is 11.3 Å². The average molecular weight is 291 g/mol. The first kappa shape index (κ1) is 13.7. The molecule has 0 aromatic carbocycles. The molecule has 1 rings (SSSR count). The number of halogens is 1. The van der Waals surface area contributed by atoms with Gasteiger partial charge in [-0.2, -0.15) is 0 Å². The third-order valence-electron chi connectivity index (χ3n) is 2.45. The van der Waals surface area contributed by atoms with Gasteiger partial charge in [0.05, 0.1) is 16.8 Å². The molecule has 0 bridgehead atoms. The minimum atomic E-state index is -0.149. The van der Waals surface area contributed by atoms with Crippen LogP contribution in [0.15, 0.2) is 21.2 Å². The number of furan rings is 1. The summed E-state index contributed by atoms with van der Waals surface area (Å²) in [5.74, 6) is 6.71. The number of hydrogen-bond donors (Lipinski definition) is 2. The highest BCUT2D eigenvalue weighted by Crippen LogP contribution is 2.30. The van der Waals surface area contributed by atoms with E-state index in [1.807, 2.05) is 13.0 Å². The number of nitrogens with one attached hydrogen (secondary N) is 1. The number of nitrogens with two attached hydrogens (primary N) is 1. The van der Waals surface area contributed by atoms with Crippen molar-refractivity contribution in [3.63, 3.8) is 0 Å². The van der Waals surface area contributed by atoms with Gasteiger partial charge < -0.3 is 9.15 Å². The molecule has 0 saturated heterocycles. The lowest BCUT2D eigenvalue weighted by Crippen LogP contribution is -2.40. The van der Waals surface area contributed by atoms with Crippen LogP contribution in [0, 0.1) is 5.92 Å². The SMILES string of the molecule is CCOC(C(C)C)C(NN)c1occc1Br. The van der Waals surface area contributed by atoms with E-state index in [-0.39, 0.29) is 12.1 Å². The van der Waals surface area contributed by atoms with E-state index in [0.29, 0.717) is 12.5 Å². The Morgan fingerprint density at radius 3 is 2.62 bits per heavy atom. The molecule has 92 valence electrons. The molecule has 16 heavy (non-hydrogen) atoms. The van der Waals surface area contributed by atoms with Crippen molar-refractivity contribution < 1.29 is 9.15 Å². The molecular formula is C11H19BrN2O2. The molecule has 0 spiro atoms. The summed E-state index contributed by atoms with van der Waals surface area (Å²) in [6.07, 6.45) is 1.62. The predicted octanol–water partition coefficient (Wildman–Crippen LogP) is 2.61. The maximum absolute atomic E-state index is 5.71. The number of rotatable bonds is 6. The average Bonchev–Trinajstić information content (AvgIpc) is 2.65. The largest absolute Gasteiger partial charge is 0.466 e. The van der Waals surface area contributed by atoms with Crippen LogP contribution in [0.3, 0.4) is 0 Å². The molecule has 0 aliphatic carbocycles. The van der Waals surface area contributed by atoms with Gasteiger partial charge in [0.1, 0.15) is 11.8 Å². The van der Waals surface area contributed by atoms with Crippen LogP contribution in [-0.2, 0) is 4.74 Å². The first-order valence-corrected chi connectivity index (χ1v) is 6.21. The normalized spacial score (nSPS) is 15.4. The van der Waals surface area contributed by atoms with Crippen LogP contribution in [-0.4, -0.2) is 12.7 Å². The maximum Gasteiger partial charge on any atom is 0.138 e. The van der Waals surface area contributed by atoms with Crippen molar-refractivity contribution in [2.24, 2.45) is 11.8 Å². The van der Waals surface area contributed by atoms with Gasteiger partial charge in [0, 0.05) is 6.61 Å². The fourth-order valence-electron chi connectivity index (χ4n) is 1.71. The van der Waals surface area contributed by atoms with Gasteiger partial charge in [-0.1, -0.05) is 13.8 Å². The molecule has 1 aromatic rings. The minimum Gasteiger partial charge on any atom is -0.466 e. The van der Waals surface area contributed by atoms with E-state index < -0.39 is 0 Å². The van der Waals surface area contributed by atoms with E-state index in [1.165, 1.54) is 0 Å². The lowest BCUT2D eigenvalue weighted by molar-refractivity contribution is -0.00250. The Morgan fingerprint density at radius 1 is 1.56 bits per heavy atom. The molecule has 0 amide bonds. The van der Waals surface area contributed by atoms with Gasteiger partial charge in [-0.05, 0) is 34.8 Å². The predicted molar refractivity (Wildman–Crippen MR) is 66.7 cm³/mol. The fourth-order valence-corrected chi connectivity index (χ4v) is 2.16. The van der Waals surface area contributed by atoms with Crippen LogP contribution in [0.1, 0.15) is 32.6 Å². The zero-order chi connectivity index (χ0) is 12.1. The molecule has 0 aliphatic rings. The second-order valence-corrected chi connectivity index (χ2v) is 4.80. The zero-order valence-electron chi connectivity index (χ0n) is 9.87. The molecule has 0 aliphatic heterocycles. The highest BCUT2D eigenvalue weighted by molar-refractivity contribution is 9.10. The third-order valence-corrected chi connectivity index (χ3v) is 3.11. The van der Waals surface area contributed by atoms with Crippen molar-refractivity contribution in [2.45, 2.75) is 32.9 Å². The molecular weight excluding hydrogens is 272 g/mol. The summed E-state index contributed by atoms with van der Waals surface area (Å²) < 4.78 is 12.0. The Morgan fingerprint density at radius 2 is 2.25 bits per heavy atom. The second kappa shape index (κ2) is 6.39. The molecule has 3 N–H and O–H groups in total. The summed E-state index contributed by atoms with van der Waals surface area (Å²) in [6, 6.07) is 1.70. The van der Waals surface area contributed by atoms with E-state index >= 15 is 0 Å². The van der Waals surface area contributed by atoms with Gasteiger partial charge in [0.25, 0.3) is 0 Å². The molecule has 0 saturated carbocycles. The van der Waals surface area contributed by atoms with Crippen molar-refractivity contribution in [1.29, 1.82) is 0 Å². The van der Waals surface area contributed by atoms with E-state index in [2.05, 4.69) is 35.2 Å². The standard InChI is InChI=1S/C11H19BrN2O2/c1-4-15-10(7(2)3)9(14-13)11-8(12)5-6-16-11/h5-7,9-10,14H,4,13H2,1-3H3. The quantitative estimate of drug-likeness (QED) is 0.625. The second-order valence-electron chi connectivity index (χ2n) is 3.94. The highest BCUT2D eigenvalue weighted by atomic mass is 79.9. The first-order valence-electron chi connectivity index (χ1n) is 5.42. The molecule has 0 radical (unpaired) electrons. The maximum atomic E-state index is 5.71. The fraction of sp³-hybridized carbons (Fsp3) is 0.636. The molecule has 2 unspecified atom stereocenters. The van der Waals surface area contributed by atoms with Crippen molar-refractivity contribution >= 4 is 15.9 Å². The van der Waals surface area contributed by atoms with Gasteiger partial charge in [0.2, 0.25) is 0 Å². The Labute approximate surface area is 105 Å².